The van der Waals surface area contributed by atoms with E-state index in [2.05, 4.69) is 13.2 Å². The molecule has 1 unspecified atom stereocenters. The summed E-state index contributed by atoms with van der Waals surface area (Å²) in [5.41, 5.74) is 0.280. The number of benzene rings is 4. The fourth-order valence-corrected chi connectivity index (χ4v) is 6.18. The highest BCUT2D eigenvalue weighted by atomic mass is 16.6. The fourth-order valence-electron chi connectivity index (χ4n) is 6.18. The minimum Gasteiger partial charge on any atom is -0.494 e. The summed E-state index contributed by atoms with van der Waals surface area (Å²) < 4.78 is 32.8. The lowest BCUT2D eigenvalue weighted by Crippen LogP contribution is -2.37. The van der Waals surface area contributed by atoms with Crippen molar-refractivity contribution in [2.45, 2.75) is 63.6 Å². The average Bonchev–Trinajstić information content (AvgIpc) is 3.43. The zero-order valence-electron chi connectivity index (χ0n) is 32.5. The standard InChI is InChI=1S/C45H47NO12/c1-4-38(47)55-24-12-8-6-10-22-53-36-20-18-30-26-34(16-14-32(30)28-36)44(51)57-40-41(43(50)46(3)42(40)49)58-45(52)35-17-15-33-29-37(21-19-31(33)27-35)54-23-11-7-9-13-25-56-39(48)5-2/h4-5,14-21,26-29,40-41H,1-2,6-13,22-25H2,3H3/t40-,41?/m0/s1. The van der Waals surface area contributed by atoms with Crippen molar-refractivity contribution in [3.63, 3.8) is 0 Å². The first kappa shape index (κ1) is 42.6. The number of hydrogen-bond acceptors (Lipinski definition) is 12. The maximum Gasteiger partial charge on any atom is 0.339 e. The first-order chi connectivity index (χ1) is 28.1. The van der Waals surface area contributed by atoms with Gasteiger partial charge in [0.1, 0.15) is 11.5 Å². The van der Waals surface area contributed by atoms with Gasteiger partial charge in [0.05, 0.1) is 37.6 Å². The Morgan fingerprint density at radius 1 is 0.534 bits per heavy atom. The summed E-state index contributed by atoms with van der Waals surface area (Å²) in [6.07, 6.45) is 5.77. The molecule has 4 aromatic carbocycles. The Morgan fingerprint density at radius 2 is 0.897 bits per heavy atom. The molecule has 0 saturated carbocycles. The summed E-state index contributed by atoms with van der Waals surface area (Å²) in [7, 11) is 1.23. The Morgan fingerprint density at radius 3 is 1.29 bits per heavy atom. The second-order valence-electron chi connectivity index (χ2n) is 13.6. The second-order valence-corrected chi connectivity index (χ2v) is 13.6. The van der Waals surface area contributed by atoms with E-state index >= 15 is 0 Å². The summed E-state index contributed by atoms with van der Waals surface area (Å²) >= 11 is 0. The maximum absolute atomic E-state index is 13.3. The van der Waals surface area contributed by atoms with Crippen molar-refractivity contribution in [1.29, 1.82) is 0 Å². The average molecular weight is 794 g/mol. The van der Waals surface area contributed by atoms with Crippen molar-refractivity contribution >= 4 is 57.2 Å². The topological polar surface area (TPSA) is 161 Å². The molecule has 5 rings (SSSR count). The fraction of sp³-hybridized carbons (Fsp3) is 0.333. The van der Waals surface area contributed by atoms with Crippen molar-refractivity contribution in [2.24, 2.45) is 0 Å². The number of amides is 2. The number of nitrogens with zero attached hydrogens (tertiary/aromatic N) is 1. The van der Waals surface area contributed by atoms with E-state index < -0.39 is 47.9 Å². The Kier molecular flexibility index (Phi) is 15.5. The van der Waals surface area contributed by atoms with Crippen LogP contribution < -0.4 is 9.47 Å². The van der Waals surface area contributed by atoms with Gasteiger partial charge in [0.15, 0.2) is 0 Å². The highest BCUT2D eigenvalue weighted by molar-refractivity contribution is 6.10. The molecule has 1 fully saturated rings. The van der Waals surface area contributed by atoms with E-state index in [0.29, 0.717) is 37.9 Å². The van der Waals surface area contributed by atoms with Crippen LogP contribution in [0.3, 0.4) is 0 Å². The van der Waals surface area contributed by atoms with Crippen LogP contribution in [0.25, 0.3) is 21.5 Å². The molecule has 0 N–H and O–H groups in total. The zero-order chi connectivity index (χ0) is 41.4. The first-order valence-electron chi connectivity index (χ1n) is 19.2. The SMILES string of the molecule is C=CC(=O)OCCCCCCOc1ccc2cc(C(=O)OC3C(=O)N(C)C(=O)[C@H]3OC(=O)c3ccc4cc(OCCCCCCOC(=O)C=C)ccc4c3)ccc2c1. The number of likely N-dealkylation sites (N-methyl/N-ethyl adjacent to an activating group) is 1. The molecule has 0 spiro atoms. The van der Waals surface area contributed by atoms with Gasteiger partial charge in [-0.25, -0.2) is 19.2 Å². The number of esters is 4. The predicted molar refractivity (Wildman–Crippen MR) is 214 cm³/mol. The molecule has 0 bridgehead atoms. The van der Waals surface area contributed by atoms with Crippen molar-refractivity contribution in [1.82, 2.24) is 4.90 Å². The Balaban J connectivity index is 1.11. The highest BCUT2D eigenvalue weighted by Crippen LogP contribution is 2.27. The summed E-state index contributed by atoms with van der Waals surface area (Å²) in [5, 5.41) is 3.06. The third-order valence-corrected chi connectivity index (χ3v) is 9.42. The van der Waals surface area contributed by atoms with Crippen molar-refractivity contribution in [3.8, 4) is 11.5 Å². The maximum atomic E-state index is 13.3. The number of unbranched alkanes of at least 4 members (excludes halogenated alkanes) is 6. The zero-order valence-corrected chi connectivity index (χ0v) is 32.5. The van der Waals surface area contributed by atoms with E-state index in [1.165, 1.54) is 7.05 Å². The summed E-state index contributed by atoms with van der Waals surface area (Å²) in [6.45, 7) is 8.48. The molecular formula is C45H47NO12. The van der Waals surface area contributed by atoms with Crippen LogP contribution in [0, 0.1) is 0 Å². The van der Waals surface area contributed by atoms with Crippen LogP contribution in [0.15, 0.2) is 98.1 Å². The van der Waals surface area contributed by atoms with Gasteiger partial charge in [-0.3, -0.25) is 14.5 Å². The molecule has 2 atom stereocenters. The van der Waals surface area contributed by atoms with Crippen molar-refractivity contribution < 1.29 is 57.2 Å². The number of carbonyl (C=O) groups is 6. The molecule has 13 heteroatoms. The lowest BCUT2D eigenvalue weighted by atomic mass is 10.1. The van der Waals surface area contributed by atoms with Crippen LogP contribution in [-0.4, -0.2) is 86.3 Å². The number of rotatable bonds is 22. The number of likely N-dealkylation sites (tertiary alicyclic amines) is 1. The van der Waals surface area contributed by atoms with Gasteiger partial charge in [-0.05, 0) is 121 Å². The van der Waals surface area contributed by atoms with Gasteiger partial charge in [0, 0.05) is 19.2 Å². The number of fused-ring (bicyclic) bond motifs is 2. The van der Waals surface area contributed by atoms with E-state index in [1.807, 2.05) is 12.1 Å². The Hall–Kier alpha value is -6.50. The smallest absolute Gasteiger partial charge is 0.339 e. The van der Waals surface area contributed by atoms with Gasteiger partial charge in [0.25, 0.3) is 11.8 Å². The molecule has 0 aliphatic carbocycles. The molecule has 13 nitrogen and oxygen atoms in total. The molecule has 304 valence electrons. The number of ether oxygens (including phenoxy) is 6. The lowest BCUT2D eigenvalue weighted by molar-refractivity contribution is -0.140. The molecule has 0 aromatic heterocycles. The quantitative estimate of drug-likeness (QED) is 0.0262. The molecule has 58 heavy (non-hydrogen) atoms. The van der Waals surface area contributed by atoms with Gasteiger partial charge in [-0.1, -0.05) is 37.4 Å². The Bertz CT molecular complexity index is 2010. The highest BCUT2D eigenvalue weighted by Gasteiger charge is 2.51. The van der Waals surface area contributed by atoms with Gasteiger partial charge in [0.2, 0.25) is 12.2 Å². The van der Waals surface area contributed by atoms with Gasteiger partial charge in [-0.15, -0.1) is 0 Å². The van der Waals surface area contributed by atoms with Crippen LogP contribution in [0.1, 0.15) is 72.1 Å². The van der Waals surface area contributed by atoms with E-state index in [9.17, 15) is 28.8 Å². The minimum absolute atomic E-state index is 0.140. The van der Waals surface area contributed by atoms with E-state index in [0.717, 1.165) is 90.0 Å². The molecule has 1 saturated heterocycles. The van der Waals surface area contributed by atoms with E-state index in [4.69, 9.17) is 28.4 Å². The predicted octanol–water partition coefficient (Wildman–Crippen LogP) is 7.08. The van der Waals surface area contributed by atoms with Gasteiger partial charge >= 0.3 is 23.9 Å². The molecule has 4 aromatic rings. The van der Waals surface area contributed by atoms with Crippen LogP contribution in [0.5, 0.6) is 11.5 Å². The van der Waals surface area contributed by atoms with E-state index in [-0.39, 0.29) is 11.1 Å². The number of hydrogen-bond donors (Lipinski definition) is 0. The van der Waals surface area contributed by atoms with Gasteiger partial charge < -0.3 is 28.4 Å². The first-order valence-corrected chi connectivity index (χ1v) is 19.2. The summed E-state index contributed by atoms with van der Waals surface area (Å²) in [6, 6.07) is 20.6. The monoisotopic (exact) mass is 793 g/mol. The summed E-state index contributed by atoms with van der Waals surface area (Å²) in [5.74, 6) is -2.86. The normalized spacial score (nSPS) is 14.9. The third kappa shape index (κ3) is 11.8. The van der Waals surface area contributed by atoms with Crippen LogP contribution >= 0.6 is 0 Å². The number of carbonyl (C=O) groups excluding carboxylic acids is 6. The lowest BCUT2D eigenvalue weighted by Gasteiger charge is -2.17. The van der Waals surface area contributed by atoms with Crippen LogP contribution in [0.2, 0.25) is 0 Å². The van der Waals surface area contributed by atoms with Crippen LogP contribution in [-0.2, 0) is 38.1 Å². The number of imide groups is 1. The summed E-state index contributed by atoms with van der Waals surface area (Å²) in [4.78, 5) is 75.6. The van der Waals surface area contributed by atoms with E-state index in [1.54, 1.807) is 60.7 Å². The van der Waals surface area contributed by atoms with Crippen LogP contribution in [0.4, 0.5) is 0 Å². The molecule has 2 amide bonds. The molecule has 1 heterocycles. The largest absolute Gasteiger partial charge is 0.494 e. The minimum atomic E-state index is -1.67. The molecular weight excluding hydrogens is 746 g/mol. The van der Waals surface area contributed by atoms with Crippen molar-refractivity contribution in [3.05, 3.63) is 109 Å². The molecule has 0 radical (unpaired) electrons. The Labute approximate surface area is 336 Å². The molecule has 1 aliphatic rings. The van der Waals surface area contributed by atoms with Gasteiger partial charge in [-0.2, -0.15) is 0 Å². The molecule has 1 aliphatic heterocycles. The second kappa shape index (κ2) is 21.1. The third-order valence-electron chi connectivity index (χ3n) is 9.42. The van der Waals surface area contributed by atoms with Crippen molar-refractivity contribution in [2.75, 3.05) is 33.5 Å².